The van der Waals surface area contributed by atoms with E-state index in [-0.39, 0.29) is 18.1 Å². The Hall–Kier alpha value is -1.69. The van der Waals surface area contributed by atoms with Gasteiger partial charge in [-0.15, -0.1) is 5.10 Å². The molecule has 0 amide bonds. The van der Waals surface area contributed by atoms with Crippen LogP contribution in [0.5, 0.6) is 0 Å². The highest BCUT2D eigenvalue weighted by molar-refractivity contribution is 5.78. The molecule has 2 aliphatic heterocycles. The van der Waals surface area contributed by atoms with E-state index in [0.717, 1.165) is 38.2 Å². The summed E-state index contributed by atoms with van der Waals surface area (Å²) in [7, 11) is 2.04. The Bertz CT molecular complexity index is 496. The third kappa shape index (κ3) is 3.00. The quantitative estimate of drug-likeness (QED) is 0.777. The predicted molar refractivity (Wildman–Crippen MR) is 79.0 cm³/mol. The zero-order valence-electron chi connectivity index (χ0n) is 12.6. The molecule has 114 valence electrons. The second-order valence-electron chi connectivity index (χ2n) is 5.99. The van der Waals surface area contributed by atoms with E-state index in [2.05, 4.69) is 20.0 Å². The molecule has 6 heteroatoms. The van der Waals surface area contributed by atoms with Crippen LogP contribution in [0.2, 0.25) is 0 Å². The smallest absolute Gasteiger partial charge is 0.323 e. The molecule has 1 aromatic heterocycles. The maximum Gasteiger partial charge on any atom is 0.323 e. The van der Waals surface area contributed by atoms with E-state index >= 15 is 0 Å². The second-order valence-corrected chi connectivity index (χ2v) is 5.99. The molecule has 0 aromatic carbocycles. The number of carbonyl (C=O) groups excluding carboxylic acids is 1. The fraction of sp³-hybridized carbons (Fsp3) is 0.667. The molecule has 21 heavy (non-hydrogen) atoms. The summed E-state index contributed by atoms with van der Waals surface area (Å²) < 4.78 is 5.28. The van der Waals surface area contributed by atoms with Crippen molar-refractivity contribution >= 4 is 11.8 Å². The van der Waals surface area contributed by atoms with Crippen LogP contribution in [0, 0.1) is 0 Å². The number of nitrogens with zero attached hydrogens (tertiary/aromatic N) is 4. The number of anilines is 1. The average molecular weight is 290 g/mol. The third-order valence-corrected chi connectivity index (χ3v) is 4.49. The third-order valence-electron chi connectivity index (χ3n) is 4.49. The molecule has 3 unspecified atom stereocenters. The minimum Gasteiger partial charge on any atom is -0.461 e. The lowest BCUT2D eigenvalue weighted by atomic mass is 10.0. The number of cyclic esters (lactones) is 1. The lowest BCUT2D eigenvalue weighted by molar-refractivity contribution is -0.145. The van der Waals surface area contributed by atoms with Gasteiger partial charge >= 0.3 is 5.97 Å². The topological polar surface area (TPSA) is 58.6 Å². The van der Waals surface area contributed by atoms with E-state index < -0.39 is 0 Å². The molecule has 0 bridgehead atoms. The van der Waals surface area contributed by atoms with Crippen molar-refractivity contribution in [1.29, 1.82) is 0 Å². The van der Waals surface area contributed by atoms with Crippen LogP contribution in [0.15, 0.2) is 18.3 Å². The first-order valence-electron chi connectivity index (χ1n) is 7.60. The Labute approximate surface area is 125 Å². The van der Waals surface area contributed by atoms with Crippen molar-refractivity contribution in [1.82, 2.24) is 15.1 Å². The van der Waals surface area contributed by atoms with Gasteiger partial charge in [0.2, 0.25) is 0 Å². The molecule has 0 saturated carbocycles. The summed E-state index contributed by atoms with van der Waals surface area (Å²) in [5.41, 5.74) is 0. The van der Waals surface area contributed by atoms with E-state index in [4.69, 9.17) is 4.74 Å². The fourth-order valence-electron chi connectivity index (χ4n) is 3.28. The van der Waals surface area contributed by atoms with Crippen molar-refractivity contribution in [2.24, 2.45) is 0 Å². The summed E-state index contributed by atoms with van der Waals surface area (Å²) >= 11 is 0. The van der Waals surface area contributed by atoms with Crippen molar-refractivity contribution in [3.05, 3.63) is 18.3 Å². The molecule has 0 spiro atoms. The first kappa shape index (κ1) is 14.3. The second kappa shape index (κ2) is 5.97. The standard InChI is InChI=1S/C15H22N4O2/c1-11-9-13(15(20)21-11)18(2)12-5-4-8-19(10-12)14-6-3-7-16-17-14/h3,6-7,11-13H,4-5,8-10H2,1-2H3. The molecule has 2 saturated heterocycles. The molecule has 0 aliphatic carbocycles. The first-order valence-corrected chi connectivity index (χ1v) is 7.60. The Kier molecular flexibility index (Phi) is 4.05. The van der Waals surface area contributed by atoms with Gasteiger partial charge in [-0.3, -0.25) is 9.69 Å². The molecule has 0 radical (unpaired) electrons. The van der Waals surface area contributed by atoms with Crippen LogP contribution in [-0.4, -0.2) is 59.4 Å². The number of hydrogen-bond donors (Lipinski definition) is 0. The normalized spacial score (nSPS) is 29.8. The lowest BCUT2D eigenvalue weighted by Crippen LogP contribution is -2.51. The summed E-state index contributed by atoms with van der Waals surface area (Å²) in [5, 5.41) is 8.14. The van der Waals surface area contributed by atoms with Crippen LogP contribution >= 0.6 is 0 Å². The molecule has 0 N–H and O–H groups in total. The maximum absolute atomic E-state index is 11.9. The molecule has 3 rings (SSSR count). The SMILES string of the molecule is CC1CC(N(C)C2CCCN(c3cccnn3)C2)C(=O)O1. The van der Waals surface area contributed by atoms with Crippen LogP contribution in [0.25, 0.3) is 0 Å². The summed E-state index contributed by atoms with van der Waals surface area (Å²) in [6.07, 6.45) is 4.71. The highest BCUT2D eigenvalue weighted by atomic mass is 16.6. The highest BCUT2D eigenvalue weighted by Gasteiger charge is 2.38. The van der Waals surface area contributed by atoms with Gasteiger partial charge in [-0.2, -0.15) is 5.10 Å². The average Bonchev–Trinajstić information content (AvgIpc) is 2.86. The molecule has 1 aromatic rings. The Morgan fingerprint density at radius 2 is 2.33 bits per heavy atom. The molecule has 3 heterocycles. The number of piperidine rings is 1. The van der Waals surface area contributed by atoms with E-state index in [0.29, 0.717) is 6.04 Å². The summed E-state index contributed by atoms with van der Waals surface area (Å²) in [4.78, 5) is 16.4. The number of esters is 1. The van der Waals surface area contributed by atoms with E-state index in [9.17, 15) is 4.79 Å². The number of likely N-dealkylation sites (N-methyl/N-ethyl adjacent to an activating group) is 1. The predicted octanol–water partition coefficient (Wildman–Crippen LogP) is 1.08. The van der Waals surface area contributed by atoms with Crippen molar-refractivity contribution in [2.75, 3.05) is 25.0 Å². The van der Waals surface area contributed by atoms with E-state index in [1.165, 1.54) is 0 Å². The number of aromatic nitrogens is 2. The van der Waals surface area contributed by atoms with Gasteiger partial charge in [0.15, 0.2) is 5.82 Å². The Morgan fingerprint density at radius 3 is 3.00 bits per heavy atom. The lowest BCUT2D eigenvalue weighted by Gasteiger charge is -2.39. The van der Waals surface area contributed by atoms with E-state index in [1.54, 1.807) is 6.20 Å². The number of ether oxygens (including phenoxy) is 1. The van der Waals surface area contributed by atoms with Gasteiger partial charge in [0.1, 0.15) is 12.1 Å². The minimum absolute atomic E-state index is 0.0321. The molecule has 2 aliphatic rings. The van der Waals surface area contributed by atoms with Crippen molar-refractivity contribution in [3.63, 3.8) is 0 Å². The summed E-state index contributed by atoms with van der Waals surface area (Å²) in [5.74, 6) is 0.833. The van der Waals surface area contributed by atoms with Crippen molar-refractivity contribution in [3.8, 4) is 0 Å². The van der Waals surface area contributed by atoms with Crippen molar-refractivity contribution in [2.45, 2.75) is 44.4 Å². The monoisotopic (exact) mass is 290 g/mol. The van der Waals surface area contributed by atoms with Crippen LogP contribution in [0.3, 0.4) is 0 Å². The van der Waals surface area contributed by atoms with Gasteiger partial charge in [0, 0.05) is 31.7 Å². The Morgan fingerprint density at radius 1 is 1.48 bits per heavy atom. The van der Waals surface area contributed by atoms with Crippen LogP contribution in [0.1, 0.15) is 26.2 Å². The van der Waals surface area contributed by atoms with Crippen LogP contribution in [-0.2, 0) is 9.53 Å². The summed E-state index contributed by atoms with van der Waals surface area (Å²) in [6.45, 7) is 3.83. The van der Waals surface area contributed by atoms with Gasteiger partial charge < -0.3 is 9.64 Å². The van der Waals surface area contributed by atoms with Crippen molar-refractivity contribution < 1.29 is 9.53 Å². The van der Waals surface area contributed by atoms with Gasteiger partial charge in [-0.25, -0.2) is 0 Å². The zero-order valence-corrected chi connectivity index (χ0v) is 12.6. The van der Waals surface area contributed by atoms with Gasteiger partial charge in [0.25, 0.3) is 0 Å². The molecular weight excluding hydrogens is 268 g/mol. The van der Waals surface area contributed by atoms with Gasteiger partial charge in [0.05, 0.1) is 0 Å². The van der Waals surface area contributed by atoms with Gasteiger partial charge in [-0.05, 0) is 38.9 Å². The number of carbonyl (C=O) groups is 1. The highest BCUT2D eigenvalue weighted by Crippen LogP contribution is 2.25. The number of hydrogen-bond acceptors (Lipinski definition) is 6. The molecular formula is C15H22N4O2. The fourth-order valence-corrected chi connectivity index (χ4v) is 3.28. The zero-order chi connectivity index (χ0) is 14.8. The van der Waals surface area contributed by atoms with Gasteiger partial charge in [-0.1, -0.05) is 0 Å². The van der Waals surface area contributed by atoms with E-state index in [1.807, 2.05) is 26.1 Å². The maximum atomic E-state index is 11.9. The number of rotatable bonds is 3. The summed E-state index contributed by atoms with van der Waals surface area (Å²) in [6, 6.07) is 4.14. The molecule has 3 atom stereocenters. The molecule has 6 nitrogen and oxygen atoms in total. The first-order chi connectivity index (χ1) is 10.1. The van der Waals surface area contributed by atoms with Crippen LogP contribution in [0.4, 0.5) is 5.82 Å². The molecule has 2 fully saturated rings. The largest absolute Gasteiger partial charge is 0.461 e. The Balaban J connectivity index is 1.67. The minimum atomic E-state index is -0.105. The van der Waals surface area contributed by atoms with Crippen LogP contribution < -0.4 is 4.90 Å².